The quantitative estimate of drug-likeness (QED) is 0.297. The molecule has 0 unspecified atom stereocenters. The summed E-state index contributed by atoms with van der Waals surface area (Å²) in [5.41, 5.74) is 11.2. The van der Waals surface area contributed by atoms with Gasteiger partial charge in [-0.25, -0.2) is 4.98 Å². The third-order valence-corrected chi connectivity index (χ3v) is 6.01. The van der Waals surface area contributed by atoms with Crippen LogP contribution in [-0.4, -0.2) is 9.38 Å². The highest BCUT2D eigenvalue weighted by Gasteiger charge is 2.17. The van der Waals surface area contributed by atoms with Crippen LogP contribution in [0.15, 0.2) is 54.7 Å². The molecule has 2 aromatic heterocycles. The molecule has 2 heterocycles. The largest absolute Gasteiger partial charge is 0.292 e. The molecule has 0 aliphatic carbocycles. The van der Waals surface area contributed by atoms with Gasteiger partial charge in [-0.1, -0.05) is 42.0 Å². The molecule has 0 aliphatic heterocycles. The lowest BCUT2D eigenvalue weighted by Gasteiger charge is -2.15. The van der Waals surface area contributed by atoms with Crippen LogP contribution in [0.25, 0.3) is 38.6 Å². The van der Waals surface area contributed by atoms with E-state index in [0.717, 1.165) is 5.65 Å². The molecule has 138 valence electrons. The van der Waals surface area contributed by atoms with E-state index >= 15 is 0 Å². The van der Waals surface area contributed by atoms with Gasteiger partial charge in [-0.05, 0) is 74.4 Å². The molecular weight excluding hydrogens is 340 g/mol. The van der Waals surface area contributed by atoms with Gasteiger partial charge in [0.15, 0.2) is 0 Å². The Bertz CT molecular complexity index is 1380. The summed E-state index contributed by atoms with van der Waals surface area (Å²) in [6, 6.07) is 17.8. The van der Waals surface area contributed by atoms with Gasteiger partial charge in [0.05, 0.1) is 17.4 Å². The second-order valence-corrected chi connectivity index (χ2v) is 8.08. The molecule has 0 amide bonds. The zero-order valence-electron chi connectivity index (χ0n) is 17.1. The minimum absolute atomic E-state index is 1.03. The summed E-state index contributed by atoms with van der Waals surface area (Å²) >= 11 is 0. The Kier molecular flexibility index (Phi) is 3.60. The van der Waals surface area contributed by atoms with Crippen LogP contribution in [0.2, 0.25) is 0 Å². The maximum atomic E-state index is 4.89. The topological polar surface area (TPSA) is 17.3 Å². The fraction of sp³-hybridized carbons (Fsp3) is 0.192. The summed E-state index contributed by atoms with van der Waals surface area (Å²) in [5, 5.41) is 3.75. The van der Waals surface area contributed by atoms with E-state index in [0.29, 0.717) is 0 Å². The van der Waals surface area contributed by atoms with Gasteiger partial charge < -0.3 is 0 Å². The molecule has 0 fully saturated rings. The number of imidazole rings is 1. The molecule has 5 aromatic rings. The molecule has 0 saturated heterocycles. The average Bonchev–Trinajstić information content (AvgIpc) is 3.07. The molecular formula is C26H24N2. The molecule has 2 heteroatoms. The summed E-state index contributed by atoms with van der Waals surface area (Å²) in [7, 11) is 0. The Morgan fingerprint density at radius 3 is 2.04 bits per heavy atom. The molecule has 0 bridgehead atoms. The Morgan fingerprint density at radius 1 is 0.679 bits per heavy atom. The highest BCUT2D eigenvalue weighted by Crippen LogP contribution is 2.36. The Labute approximate surface area is 165 Å². The van der Waals surface area contributed by atoms with E-state index in [1.165, 1.54) is 60.8 Å². The van der Waals surface area contributed by atoms with Crippen molar-refractivity contribution >= 4 is 27.3 Å². The predicted molar refractivity (Wildman–Crippen MR) is 119 cm³/mol. The molecule has 0 N–H and O–H groups in total. The normalized spacial score (nSPS) is 11.8. The molecule has 5 rings (SSSR count). The molecule has 0 atom stereocenters. The minimum atomic E-state index is 1.03. The van der Waals surface area contributed by atoms with Crippen molar-refractivity contribution in [2.75, 3.05) is 0 Å². The fourth-order valence-electron chi connectivity index (χ4n) is 4.66. The highest BCUT2D eigenvalue weighted by molar-refractivity contribution is 6.12. The van der Waals surface area contributed by atoms with Gasteiger partial charge in [-0.3, -0.25) is 4.40 Å². The second kappa shape index (κ2) is 5.93. The van der Waals surface area contributed by atoms with E-state index in [9.17, 15) is 0 Å². The van der Waals surface area contributed by atoms with Gasteiger partial charge in [0, 0.05) is 16.3 Å². The van der Waals surface area contributed by atoms with E-state index in [4.69, 9.17) is 4.98 Å². The smallest absolute Gasteiger partial charge is 0.145 e. The zero-order chi connectivity index (χ0) is 19.6. The van der Waals surface area contributed by atoms with Crippen LogP contribution < -0.4 is 0 Å². The van der Waals surface area contributed by atoms with Gasteiger partial charge in [0.1, 0.15) is 5.65 Å². The first-order valence-corrected chi connectivity index (χ1v) is 9.83. The maximum absolute atomic E-state index is 4.89. The number of hydrogen-bond donors (Lipinski definition) is 0. The van der Waals surface area contributed by atoms with Gasteiger partial charge in [-0.15, -0.1) is 0 Å². The maximum Gasteiger partial charge on any atom is 0.145 e. The summed E-state index contributed by atoms with van der Waals surface area (Å²) in [6.07, 6.45) is 2.04. The standard InChI is InChI=1S/C26H24N2/c1-15-10-18(4)25(19(5)11-15)24-14-27-26-21-9-7-6-8-20(21)22-12-16(2)17(3)13-23(22)28(24)26/h6-14H,1-5H3. The van der Waals surface area contributed by atoms with E-state index in [1.54, 1.807) is 0 Å². The average molecular weight is 364 g/mol. The van der Waals surface area contributed by atoms with Crippen molar-refractivity contribution in [2.45, 2.75) is 34.6 Å². The third-order valence-electron chi connectivity index (χ3n) is 6.01. The summed E-state index contributed by atoms with van der Waals surface area (Å²) in [6.45, 7) is 10.9. The molecule has 0 radical (unpaired) electrons. The van der Waals surface area contributed by atoms with E-state index in [1.807, 2.05) is 6.20 Å². The molecule has 3 aromatic carbocycles. The predicted octanol–water partition coefficient (Wildman–Crippen LogP) is 6.85. The lowest BCUT2D eigenvalue weighted by molar-refractivity contribution is 1.23. The molecule has 0 aliphatic rings. The van der Waals surface area contributed by atoms with Crippen LogP contribution in [-0.2, 0) is 0 Å². The van der Waals surface area contributed by atoms with Crippen molar-refractivity contribution in [3.8, 4) is 11.3 Å². The van der Waals surface area contributed by atoms with E-state index in [2.05, 4.69) is 87.6 Å². The first kappa shape index (κ1) is 17.0. The Balaban J connectivity index is 2.04. The van der Waals surface area contributed by atoms with E-state index in [-0.39, 0.29) is 0 Å². The van der Waals surface area contributed by atoms with Crippen molar-refractivity contribution < 1.29 is 0 Å². The number of aromatic nitrogens is 2. The van der Waals surface area contributed by atoms with E-state index < -0.39 is 0 Å². The third kappa shape index (κ3) is 2.31. The van der Waals surface area contributed by atoms with Crippen LogP contribution in [0.4, 0.5) is 0 Å². The minimum Gasteiger partial charge on any atom is -0.292 e. The lowest BCUT2D eigenvalue weighted by Crippen LogP contribution is -1.98. The number of benzene rings is 3. The van der Waals surface area contributed by atoms with Crippen molar-refractivity contribution in [2.24, 2.45) is 0 Å². The number of nitrogens with zero attached hydrogens (tertiary/aromatic N) is 2. The first-order chi connectivity index (χ1) is 13.5. The van der Waals surface area contributed by atoms with Crippen molar-refractivity contribution in [3.05, 3.63) is 82.5 Å². The molecule has 0 saturated carbocycles. The first-order valence-electron chi connectivity index (χ1n) is 9.83. The molecule has 2 nitrogen and oxygen atoms in total. The molecule has 28 heavy (non-hydrogen) atoms. The Hall–Kier alpha value is -3.13. The van der Waals surface area contributed by atoms with Gasteiger partial charge in [0.2, 0.25) is 0 Å². The monoisotopic (exact) mass is 364 g/mol. The number of fused-ring (bicyclic) bond motifs is 6. The second-order valence-electron chi connectivity index (χ2n) is 8.08. The lowest BCUT2D eigenvalue weighted by atomic mass is 9.97. The summed E-state index contributed by atoms with van der Waals surface area (Å²) in [5.74, 6) is 0. The summed E-state index contributed by atoms with van der Waals surface area (Å²) < 4.78 is 2.36. The van der Waals surface area contributed by atoms with Crippen LogP contribution in [0.5, 0.6) is 0 Å². The van der Waals surface area contributed by atoms with Gasteiger partial charge >= 0.3 is 0 Å². The zero-order valence-corrected chi connectivity index (χ0v) is 17.1. The van der Waals surface area contributed by atoms with Gasteiger partial charge in [0.25, 0.3) is 0 Å². The fourth-order valence-corrected chi connectivity index (χ4v) is 4.66. The van der Waals surface area contributed by atoms with Crippen LogP contribution in [0.1, 0.15) is 27.8 Å². The summed E-state index contributed by atoms with van der Waals surface area (Å²) in [4.78, 5) is 4.89. The number of hydrogen-bond acceptors (Lipinski definition) is 1. The SMILES string of the molecule is Cc1cc(C)c(-c2cnc3c4ccccc4c4cc(C)c(C)cc4n23)c(C)c1. The number of pyridine rings is 1. The number of aryl methyl sites for hydroxylation is 5. The van der Waals surface area contributed by atoms with Gasteiger partial charge in [-0.2, -0.15) is 0 Å². The number of rotatable bonds is 1. The van der Waals surface area contributed by atoms with Crippen molar-refractivity contribution in [3.63, 3.8) is 0 Å². The highest BCUT2D eigenvalue weighted by atomic mass is 15.0. The van der Waals surface area contributed by atoms with Crippen LogP contribution in [0.3, 0.4) is 0 Å². The van der Waals surface area contributed by atoms with Crippen molar-refractivity contribution in [1.29, 1.82) is 0 Å². The van der Waals surface area contributed by atoms with Crippen LogP contribution in [0, 0.1) is 34.6 Å². The Morgan fingerprint density at radius 2 is 1.32 bits per heavy atom. The molecule has 0 spiro atoms. The van der Waals surface area contributed by atoms with Crippen LogP contribution >= 0.6 is 0 Å². The van der Waals surface area contributed by atoms with Crippen molar-refractivity contribution in [1.82, 2.24) is 9.38 Å².